The zero-order chi connectivity index (χ0) is 19.5. The van der Waals surface area contributed by atoms with Crippen molar-refractivity contribution in [3.8, 4) is 5.75 Å². The summed E-state index contributed by atoms with van der Waals surface area (Å²) in [4.78, 5) is 30.2. The third-order valence-corrected chi connectivity index (χ3v) is 4.09. The number of hydrogen-bond donors (Lipinski definition) is 0. The summed E-state index contributed by atoms with van der Waals surface area (Å²) in [7, 11) is 1.35. The Labute approximate surface area is 160 Å². The van der Waals surface area contributed by atoms with Crippen molar-refractivity contribution in [1.82, 2.24) is 9.88 Å². The summed E-state index contributed by atoms with van der Waals surface area (Å²) in [5.41, 5.74) is 0.920. The number of methoxy groups -OCH3 is 1. The first-order valence-corrected chi connectivity index (χ1v) is 9.02. The molecule has 144 valence electrons. The Morgan fingerprint density at radius 2 is 1.93 bits per heavy atom. The summed E-state index contributed by atoms with van der Waals surface area (Å²) in [5, 5.41) is 0. The van der Waals surface area contributed by atoms with Crippen molar-refractivity contribution in [3.05, 3.63) is 60.4 Å². The Kier molecular flexibility index (Phi) is 8.29. The lowest BCUT2D eigenvalue weighted by Crippen LogP contribution is -2.37. The molecule has 0 saturated heterocycles. The molecule has 6 heteroatoms. The summed E-state index contributed by atoms with van der Waals surface area (Å²) in [6, 6.07) is 13.2. The average molecular weight is 370 g/mol. The fourth-order valence-corrected chi connectivity index (χ4v) is 2.66. The van der Waals surface area contributed by atoms with Gasteiger partial charge >= 0.3 is 5.97 Å². The number of benzene rings is 1. The second-order valence-electron chi connectivity index (χ2n) is 6.32. The van der Waals surface area contributed by atoms with Crippen LogP contribution in [0.3, 0.4) is 0 Å². The van der Waals surface area contributed by atoms with E-state index < -0.39 is 5.92 Å². The second kappa shape index (κ2) is 11.0. The van der Waals surface area contributed by atoms with Crippen LogP contribution in [0.15, 0.2) is 54.9 Å². The molecular weight excluding hydrogens is 344 g/mol. The number of carbonyl (C=O) groups is 2. The molecule has 0 saturated carbocycles. The highest BCUT2D eigenvalue weighted by atomic mass is 16.5. The number of para-hydroxylation sites is 1. The molecule has 1 aromatic heterocycles. The van der Waals surface area contributed by atoms with E-state index in [1.165, 1.54) is 7.11 Å². The molecule has 1 atom stereocenters. The molecular formula is C21H26N2O4. The lowest BCUT2D eigenvalue weighted by atomic mass is 10.1. The zero-order valence-corrected chi connectivity index (χ0v) is 15.8. The number of aromatic nitrogens is 1. The molecule has 0 spiro atoms. The Morgan fingerprint density at radius 3 is 2.59 bits per heavy atom. The number of hydrogen-bond acceptors (Lipinski definition) is 5. The van der Waals surface area contributed by atoms with E-state index in [2.05, 4.69) is 4.98 Å². The van der Waals surface area contributed by atoms with Crippen LogP contribution in [-0.2, 0) is 20.9 Å². The van der Waals surface area contributed by atoms with E-state index in [9.17, 15) is 9.59 Å². The lowest BCUT2D eigenvalue weighted by molar-refractivity contribution is -0.146. The molecule has 1 unspecified atom stereocenters. The van der Waals surface area contributed by atoms with Crippen molar-refractivity contribution in [2.75, 3.05) is 20.3 Å². The molecule has 1 aromatic carbocycles. The van der Waals surface area contributed by atoms with Crippen LogP contribution in [0.25, 0.3) is 0 Å². The van der Waals surface area contributed by atoms with Gasteiger partial charge in [-0.15, -0.1) is 0 Å². The lowest BCUT2D eigenvalue weighted by Gasteiger charge is -2.25. The highest BCUT2D eigenvalue weighted by Crippen LogP contribution is 2.12. The monoisotopic (exact) mass is 370 g/mol. The van der Waals surface area contributed by atoms with Crippen molar-refractivity contribution < 1.29 is 19.1 Å². The van der Waals surface area contributed by atoms with Gasteiger partial charge in [0.25, 0.3) is 0 Å². The normalized spacial score (nSPS) is 11.5. The highest BCUT2D eigenvalue weighted by molar-refractivity contribution is 5.78. The summed E-state index contributed by atoms with van der Waals surface area (Å²) in [5.74, 6) is 0.0466. The molecule has 1 heterocycles. The van der Waals surface area contributed by atoms with E-state index in [0.29, 0.717) is 32.5 Å². The number of ether oxygens (including phenoxy) is 2. The van der Waals surface area contributed by atoms with Gasteiger partial charge in [-0.1, -0.05) is 31.2 Å². The van der Waals surface area contributed by atoms with Crippen LogP contribution >= 0.6 is 0 Å². The first-order valence-electron chi connectivity index (χ1n) is 9.02. The van der Waals surface area contributed by atoms with Crippen molar-refractivity contribution >= 4 is 11.9 Å². The van der Waals surface area contributed by atoms with Gasteiger partial charge in [-0.05, 0) is 30.2 Å². The SMILES string of the molecule is COC(=O)C(C)CN(Cc1cccnc1)C(=O)CCCOc1ccccc1. The van der Waals surface area contributed by atoms with Crippen molar-refractivity contribution in [3.63, 3.8) is 0 Å². The number of amides is 1. The van der Waals surface area contributed by atoms with Gasteiger partial charge in [-0.2, -0.15) is 0 Å². The van der Waals surface area contributed by atoms with Gasteiger partial charge in [0, 0.05) is 31.9 Å². The van der Waals surface area contributed by atoms with E-state index in [0.717, 1.165) is 11.3 Å². The van der Waals surface area contributed by atoms with Crippen LogP contribution in [0, 0.1) is 5.92 Å². The van der Waals surface area contributed by atoms with Gasteiger partial charge in [0.1, 0.15) is 5.75 Å². The van der Waals surface area contributed by atoms with E-state index in [1.54, 1.807) is 24.2 Å². The van der Waals surface area contributed by atoms with Crippen molar-refractivity contribution in [2.45, 2.75) is 26.3 Å². The third-order valence-electron chi connectivity index (χ3n) is 4.09. The van der Waals surface area contributed by atoms with Gasteiger partial charge < -0.3 is 14.4 Å². The Bertz CT molecular complexity index is 707. The molecule has 2 aromatic rings. The Morgan fingerprint density at radius 1 is 1.15 bits per heavy atom. The van der Waals surface area contributed by atoms with E-state index >= 15 is 0 Å². The molecule has 0 aliphatic carbocycles. The largest absolute Gasteiger partial charge is 0.494 e. The number of carbonyl (C=O) groups excluding carboxylic acids is 2. The molecule has 0 radical (unpaired) electrons. The summed E-state index contributed by atoms with van der Waals surface area (Å²) in [6.45, 7) is 2.93. The fourth-order valence-electron chi connectivity index (χ4n) is 2.66. The van der Waals surface area contributed by atoms with Crippen LogP contribution in [0.1, 0.15) is 25.3 Å². The average Bonchev–Trinajstić information content (AvgIpc) is 2.71. The minimum absolute atomic E-state index is 0.0220. The molecule has 0 N–H and O–H groups in total. The minimum atomic E-state index is -0.392. The van der Waals surface area contributed by atoms with Crippen LogP contribution in [-0.4, -0.2) is 42.0 Å². The Hall–Kier alpha value is -2.89. The number of pyridine rings is 1. The maximum Gasteiger partial charge on any atom is 0.310 e. The molecule has 1 amide bonds. The van der Waals surface area contributed by atoms with Gasteiger partial charge in [-0.25, -0.2) is 0 Å². The van der Waals surface area contributed by atoms with Crippen LogP contribution in [0.4, 0.5) is 0 Å². The summed E-state index contributed by atoms with van der Waals surface area (Å²) in [6.07, 6.45) is 4.36. The van der Waals surface area contributed by atoms with Gasteiger partial charge in [-0.3, -0.25) is 14.6 Å². The number of rotatable bonds is 10. The van der Waals surface area contributed by atoms with Crippen LogP contribution < -0.4 is 4.74 Å². The van der Waals surface area contributed by atoms with Crippen LogP contribution in [0.5, 0.6) is 5.75 Å². The quantitative estimate of drug-likeness (QED) is 0.475. The van der Waals surface area contributed by atoms with Gasteiger partial charge in [0.15, 0.2) is 0 Å². The predicted octanol–water partition coefficient (Wildman–Crippen LogP) is 3.08. The highest BCUT2D eigenvalue weighted by Gasteiger charge is 2.21. The molecule has 2 rings (SSSR count). The smallest absolute Gasteiger partial charge is 0.310 e. The minimum Gasteiger partial charge on any atom is -0.494 e. The van der Waals surface area contributed by atoms with Crippen molar-refractivity contribution in [2.24, 2.45) is 5.92 Å². The van der Waals surface area contributed by atoms with Crippen molar-refractivity contribution in [1.29, 1.82) is 0 Å². The topological polar surface area (TPSA) is 68.7 Å². The van der Waals surface area contributed by atoms with Gasteiger partial charge in [0.05, 0.1) is 19.6 Å². The van der Waals surface area contributed by atoms with Gasteiger partial charge in [0.2, 0.25) is 5.91 Å². The maximum absolute atomic E-state index is 12.7. The molecule has 0 aliphatic rings. The molecule has 0 aliphatic heterocycles. The maximum atomic E-state index is 12.7. The second-order valence-corrected chi connectivity index (χ2v) is 6.32. The zero-order valence-electron chi connectivity index (χ0n) is 15.8. The number of nitrogens with zero attached hydrogens (tertiary/aromatic N) is 2. The van der Waals surface area contributed by atoms with E-state index in [4.69, 9.17) is 9.47 Å². The third kappa shape index (κ3) is 7.09. The fraction of sp³-hybridized carbons (Fsp3) is 0.381. The first kappa shape index (κ1) is 20.4. The van der Waals surface area contributed by atoms with E-state index in [-0.39, 0.29) is 11.9 Å². The standard InChI is InChI=1S/C21H26N2O4/c1-17(21(25)26-2)15-23(16-18-8-6-12-22-14-18)20(24)11-7-13-27-19-9-4-3-5-10-19/h3-6,8-10,12,14,17H,7,11,13,15-16H2,1-2H3. The molecule has 0 bridgehead atoms. The summed E-state index contributed by atoms with van der Waals surface area (Å²) < 4.78 is 10.4. The number of esters is 1. The first-order chi connectivity index (χ1) is 13.1. The Balaban J connectivity index is 1.90. The molecule has 27 heavy (non-hydrogen) atoms. The van der Waals surface area contributed by atoms with Crippen LogP contribution in [0.2, 0.25) is 0 Å². The molecule has 0 fully saturated rings. The summed E-state index contributed by atoms with van der Waals surface area (Å²) >= 11 is 0. The molecule has 6 nitrogen and oxygen atoms in total. The predicted molar refractivity (Wildman–Crippen MR) is 102 cm³/mol. The van der Waals surface area contributed by atoms with E-state index in [1.807, 2.05) is 42.5 Å².